The Morgan fingerprint density at radius 3 is 2.42 bits per heavy atom. The van der Waals surface area contributed by atoms with Crippen molar-refractivity contribution in [2.75, 3.05) is 25.2 Å². The van der Waals surface area contributed by atoms with Crippen LogP contribution < -0.4 is 0 Å². The lowest BCUT2D eigenvalue weighted by molar-refractivity contribution is -0.284. The molecule has 0 saturated carbocycles. The summed E-state index contributed by atoms with van der Waals surface area (Å²) in [6, 6.07) is 0. The van der Waals surface area contributed by atoms with Crippen LogP contribution in [0.4, 0.5) is 0 Å². The minimum atomic E-state index is -1.55. The summed E-state index contributed by atoms with van der Waals surface area (Å²) in [6.07, 6.45) is 0.908. The highest BCUT2D eigenvalue weighted by molar-refractivity contribution is 7.98. The van der Waals surface area contributed by atoms with Gasteiger partial charge in [0.2, 0.25) is 12.1 Å². The molecule has 1 fully saturated rings. The Balaban J connectivity index is 2.47. The molecule has 0 radical (unpaired) electrons. The Morgan fingerprint density at radius 2 is 2.00 bits per heavy atom. The van der Waals surface area contributed by atoms with Crippen LogP contribution in [0.1, 0.15) is 6.42 Å². The molecule has 0 aromatic carbocycles. The van der Waals surface area contributed by atoms with Crippen LogP contribution in [0.2, 0.25) is 0 Å². The minimum Gasteiger partial charge on any atom is -0.364 e. The molecule has 0 aromatic rings. The van der Waals surface area contributed by atoms with Gasteiger partial charge in [-0.25, -0.2) is 0 Å². The average molecular weight is 194 g/mol. The Kier molecular flexibility index (Phi) is 3.79. The van der Waals surface area contributed by atoms with Crippen LogP contribution in [0.5, 0.6) is 0 Å². The van der Waals surface area contributed by atoms with E-state index in [1.54, 1.807) is 11.8 Å². The summed E-state index contributed by atoms with van der Waals surface area (Å²) in [6.45, 7) is 0.873. The lowest BCUT2D eigenvalue weighted by Gasteiger charge is -2.28. The van der Waals surface area contributed by atoms with Crippen molar-refractivity contribution in [3.8, 4) is 0 Å². The molecular weight excluding hydrogens is 180 g/mol. The highest BCUT2D eigenvalue weighted by Crippen LogP contribution is 2.27. The van der Waals surface area contributed by atoms with Gasteiger partial charge in [0.1, 0.15) is 0 Å². The van der Waals surface area contributed by atoms with Crippen molar-refractivity contribution in [3.05, 3.63) is 0 Å². The van der Waals surface area contributed by atoms with Crippen LogP contribution >= 0.6 is 11.8 Å². The third-order valence-corrected chi connectivity index (χ3v) is 2.44. The number of aliphatic hydroxyl groups is 2. The topological polar surface area (TPSA) is 58.9 Å². The predicted octanol–water partition coefficient (Wildman–Crippen LogP) is -0.207. The fourth-order valence-corrected chi connectivity index (χ4v) is 1.63. The maximum atomic E-state index is 9.03. The van der Waals surface area contributed by atoms with E-state index in [-0.39, 0.29) is 0 Å². The Morgan fingerprint density at radius 1 is 1.42 bits per heavy atom. The molecule has 1 saturated heterocycles. The quantitative estimate of drug-likeness (QED) is 0.607. The lowest BCUT2D eigenvalue weighted by Crippen LogP contribution is -2.43. The fraction of sp³-hybridized carbons (Fsp3) is 1.00. The zero-order valence-corrected chi connectivity index (χ0v) is 7.84. The van der Waals surface area contributed by atoms with E-state index in [4.69, 9.17) is 19.7 Å². The van der Waals surface area contributed by atoms with E-state index >= 15 is 0 Å². The molecule has 12 heavy (non-hydrogen) atoms. The molecule has 0 spiro atoms. The molecule has 0 atom stereocenters. The van der Waals surface area contributed by atoms with Gasteiger partial charge < -0.3 is 19.7 Å². The van der Waals surface area contributed by atoms with E-state index in [0.29, 0.717) is 19.6 Å². The van der Waals surface area contributed by atoms with Gasteiger partial charge in [0, 0.05) is 6.42 Å². The van der Waals surface area contributed by atoms with Gasteiger partial charge in [0.25, 0.3) is 0 Å². The molecule has 1 heterocycles. The van der Waals surface area contributed by atoms with Crippen molar-refractivity contribution >= 4 is 11.8 Å². The summed E-state index contributed by atoms with van der Waals surface area (Å²) < 4.78 is 10.3. The monoisotopic (exact) mass is 194 g/mol. The smallest absolute Gasteiger partial charge is 0.221 e. The third-order valence-electron chi connectivity index (χ3n) is 1.82. The summed E-state index contributed by atoms with van der Waals surface area (Å²) in [5.74, 6) is -0.374. The molecule has 1 aliphatic heterocycles. The first-order valence-electron chi connectivity index (χ1n) is 3.84. The zero-order chi connectivity index (χ0) is 9.03. The van der Waals surface area contributed by atoms with E-state index in [1.165, 1.54) is 0 Å². The molecule has 0 aliphatic carbocycles. The number of hydrogen-bond donors (Lipinski definition) is 2. The number of hydrogen-bond acceptors (Lipinski definition) is 5. The first-order chi connectivity index (χ1) is 5.71. The van der Waals surface area contributed by atoms with Gasteiger partial charge in [-0.1, -0.05) is 0 Å². The minimum absolute atomic E-state index is 0.437. The van der Waals surface area contributed by atoms with E-state index in [1.807, 2.05) is 6.26 Å². The number of aliphatic hydroxyl groups excluding tert-OH is 1. The third kappa shape index (κ3) is 2.11. The van der Waals surface area contributed by atoms with E-state index < -0.39 is 12.1 Å². The first-order valence-corrected chi connectivity index (χ1v) is 5.23. The Hall–Kier alpha value is 0.190. The molecule has 1 rings (SSSR count). The molecule has 1 aliphatic rings. The van der Waals surface area contributed by atoms with Crippen LogP contribution in [0, 0.1) is 0 Å². The van der Waals surface area contributed by atoms with Gasteiger partial charge in [-0.3, -0.25) is 0 Å². The van der Waals surface area contributed by atoms with Crippen LogP contribution in [-0.2, 0) is 9.47 Å². The number of rotatable bonds is 4. The Labute approximate surface area is 75.9 Å². The summed E-state index contributed by atoms with van der Waals surface area (Å²) >= 11 is 1.62. The SMILES string of the molecule is CSCCC1(C(O)O)OCCO1. The van der Waals surface area contributed by atoms with Crippen molar-refractivity contribution in [1.29, 1.82) is 0 Å². The second-order valence-corrected chi connectivity index (χ2v) is 3.61. The van der Waals surface area contributed by atoms with Crippen molar-refractivity contribution < 1.29 is 19.7 Å². The van der Waals surface area contributed by atoms with Gasteiger partial charge in [0.05, 0.1) is 13.2 Å². The molecular formula is C7H14O4S. The molecule has 2 N–H and O–H groups in total. The first kappa shape index (κ1) is 10.3. The molecule has 0 aromatic heterocycles. The van der Waals surface area contributed by atoms with Crippen molar-refractivity contribution in [2.24, 2.45) is 0 Å². The standard InChI is InChI=1S/C7H14O4S/c1-12-5-2-7(6(8)9)10-3-4-11-7/h6,8-9H,2-5H2,1H3. The van der Waals surface area contributed by atoms with Crippen LogP contribution in [-0.4, -0.2) is 47.5 Å². The zero-order valence-electron chi connectivity index (χ0n) is 7.02. The summed E-state index contributed by atoms with van der Waals surface area (Å²) in [5.41, 5.74) is 0. The van der Waals surface area contributed by atoms with Gasteiger partial charge in [-0.2, -0.15) is 11.8 Å². The summed E-state index contributed by atoms with van der Waals surface area (Å²) in [7, 11) is 0. The van der Waals surface area contributed by atoms with E-state index in [9.17, 15) is 0 Å². The van der Waals surface area contributed by atoms with Crippen molar-refractivity contribution in [3.63, 3.8) is 0 Å². The highest BCUT2D eigenvalue weighted by Gasteiger charge is 2.42. The maximum absolute atomic E-state index is 9.03. The number of ether oxygens (including phenoxy) is 2. The summed E-state index contributed by atoms with van der Waals surface area (Å²) in [4.78, 5) is 0. The molecule has 5 heteroatoms. The maximum Gasteiger partial charge on any atom is 0.221 e. The van der Waals surface area contributed by atoms with Crippen LogP contribution in [0.25, 0.3) is 0 Å². The Bertz CT molecular complexity index is 133. The van der Waals surface area contributed by atoms with Gasteiger partial charge in [-0.05, 0) is 12.0 Å². The molecule has 0 unspecified atom stereocenters. The predicted molar refractivity (Wildman–Crippen MR) is 45.9 cm³/mol. The molecule has 4 nitrogen and oxygen atoms in total. The lowest BCUT2D eigenvalue weighted by atomic mass is 10.2. The molecule has 72 valence electrons. The average Bonchev–Trinajstić information content (AvgIpc) is 2.50. The number of thioether (sulfide) groups is 1. The van der Waals surface area contributed by atoms with E-state index in [0.717, 1.165) is 5.75 Å². The molecule has 0 amide bonds. The normalized spacial score (nSPS) is 22.0. The van der Waals surface area contributed by atoms with Crippen molar-refractivity contribution in [2.45, 2.75) is 18.5 Å². The second-order valence-electron chi connectivity index (χ2n) is 2.63. The van der Waals surface area contributed by atoms with E-state index in [2.05, 4.69) is 0 Å². The largest absolute Gasteiger partial charge is 0.364 e. The highest BCUT2D eigenvalue weighted by atomic mass is 32.2. The van der Waals surface area contributed by atoms with Gasteiger partial charge in [-0.15, -0.1) is 0 Å². The van der Waals surface area contributed by atoms with Gasteiger partial charge >= 0.3 is 0 Å². The van der Waals surface area contributed by atoms with Crippen LogP contribution in [0.3, 0.4) is 0 Å². The van der Waals surface area contributed by atoms with Crippen LogP contribution in [0.15, 0.2) is 0 Å². The van der Waals surface area contributed by atoms with Crippen molar-refractivity contribution in [1.82, 2.24) is 0 Å². The van der Waals surface area contributed by atoms with Gasteiger partial charge in [0.15, 0.2) is 0 Å². The fourth-order valence-electron chi connectivity index (χ4n) is 1.14. The summed E-state index contributed by atoms with van der Waals surface area (Å²) in [5, 5.41) is 18.1. The second kappa shape index (κ2) is 4.43. The molecule has 0 bridgehead atoms.